The maximum atomic E-state index is 6.53. The molecule has 3 rings (SSSR count). The van der Waals surface area contributed by atoms with E-state index in [0.29, 0.717) is 0 Å². The van der Waals surface area contributed by atoms with Crippen LogP contribution in [-0.4, -0.2) is 12.7 Å². The Kier molecular flexibility index (Phi) is 4.58. The van der Waals surface area contributed by atoms with Crippen molar-refractivity contribution in [3.63, 3.8) is 0 Å². The average molecular weight is 324 g/mol. The van der Waals surface area contributed by atoms with Crippen molar-refractivity contribution in [3.8, 4) is 11.5 Å². The molecule has 0 saturated carbocycles. The molecule has 1 aromatic carbocycles. The fourth-order valence-corrected chi connectivity index (χ4v) is 3.89. The second-order valence-electron chi connectivity index (χ2n) is 7.33. The molecule has 0 radical (unpaired) electrons. The van der Waals surface area contributed by atoms with Crippen molar-refractivity contribution in [1.82, 2.24) is 0 Å². The average Bonchev–Trinajstić information content (AvgIpc) is 2.54. The monoisotopic (exact) mass is 324 g/mol. The van der Waals surface area contributed by atoms with Gasteiger partial charge >= 0.3 is 0 Å². The molecule has 2 heteroatoms. The van der Waals surface area contributed by atoms with Crippen molar-refractivity contribution in [2.45, 2.75) is 58.5 Å². The Balaban J connectivity index is 2.07. The number of ether oxygens (including phenoxy) is 2. The molecule has 1 atom stereocenters. The molecule has 1 aliphatic carbocycles. The molecule has 1 aromatic rings. The lowest BCUT2D eigenvalue weighted by Crippen LogP contribution is -2.39. The Morgan fingerprint density at radius 1 is 1.33 bits per heavy atom. The van der Waals surface area contributed by atoms with Gasteiger partial charge in [0.1, 0.15) is 17.1 Å². The van der Waals surface area contributed by atoms with Crippen molar-refractivity contribution in [2.75, 3.05) is 7.11 Å². The summed E-state index contributed by atoms with van der Waals surface area (Å²) in [7, 11) is 1.71. The van der Waals surface area contributed by atoms with Gasteiger partial charge in [-0.25, -0.2) is 0 Å². The van der Waals surface area contributed by atoms with Gasteiger partial charge in [0.25, 0.3) is 0 Å². The smallest absolute Gasteiger partial charge is 0.128 e. The summed E-state index contributed by atoms with van der Waals surface area (Å²) in [4.78, 5) is 0. The predicted molar refractivity (Wildman–Crippen MR) is 101 cm³/mol. The van der Waals surface area contributed by atoms with Crippen LogP contribution in [0.4, 0.5) is 0 Å². The molecule has 0 saturated heterocycles. The lowest BCUT2D eigenvalue weighted by molar-refractivity contribution is 0.109. The highest BCUT2D eigenvalue weighted by atomic mass is 16.5. The molecule has 0 aromatic heterocycles. The highest BCUT2D eigenvalue weighted by Crippen LogP contribution is 2.50. The lowest BCUT2D eigenvalue weighted by atomic mass is 9.74. The molecule has 2 nitrogen and oxygen atoms in total. The minimum absolute atomic E-state index is 0.244. The van der Waals surface area contributed by atoms with Crippen LogP contribution in [0.5, 0.6) is 11.5 Å². The first-order chi connectivity index (χ1) is 11.4. The van der Waals surface area contributed by atoms with Gasteiger partial charge in [-0.15, -0.1) is 0 Å². The summed E-state index contributed by atoms with van der Waals surface area (Å²) >= 11 is 0. The highest BCUT2D eigenvalue weighted by molar-refractivity contribution is 5.87. The fraction of sp³-hybridized carbons (Fsp3) is 0.455. The molecule has 24 heavy (non-hydrogen) atoms. The summed E-state index contributed by atoms with van der Waals surface area (Å²) in [6.45, 7) is 10.9. The van der Waals surface area contributed by atoms with Crippen LogP contribution in [0.25, 0.3) is 5.57 Å². The largest absolute Gasteiger partial charge is 0.497 e. The molecule has 0 amide bonds. The minimum Gasteiger partial charge on any atom is -0.497 e. The molecule has 0 bridgehead atoms. The van der Waals surface area contributed by atoms with E-state index in [1.165, 1.54) is 28.7 Å². The molecule has 0 spiro atoms. The van der Waals surface area contributed by atoms with Gasteiger partial charge in [-0.05, 0) is 87.8 Å². The van der Waals surface area contributed by atoms with Gasteiger partial charge in [-0.2, -0.15) is 0 Å². The molecular formula is C22H28O2. The molecule has 128 valence electrons. The predicted octanol–water partition coefficient (Wildman–Crippen LogP) is 6.09. The van der Waals surface area contributed by atoms with Crippen molar-refractivity contribution in [1.29, 1.82) is 0 Å². The summed E-state index contributed by atoms with van der Waals surface area (Å²) in [6, 6.07) is 6.11. The van der Waals surface area contributed by atoms with Gasteiger partial charge in [0.2, 0.25) is 0 Å². The van der Waals surface area contributed by atoms with Crippen LogP contribution < -0.4 is 9.47 Å². The Hall–Kier alpha value is -1.96. The molecule has 0 fully saturated rings. The Morgan fingerprint density at radius 2 is 2.12 bits per heavy atom. The third kappa shape index (κ3) is 3.02. The zero-order chi connectivity index (χ0) is 17.3. The van der Waals surface area contributed by atoms with E-state index in [0.717, 1.165) is 42.7 Å². The number of rotatable bonds is 4. The number of fused-ring (bicyclic) bond motifs is 2. The van der Waals surface area contributed by atoms with Gasteiger partial charge < -0.3 is 9.47 Å². The summed E-state index contributed by atoms with van der Waals surface area (Å²) in [6.07, 6.45) is 7.66. The minimum atomic E-state index is -0.244. The molecule has 1 heterocycles. The quantitative estimate of drug-likeness (QED) is 0.624. The Labute approximate surface area is 145 Å². The van der Waals surface area contributed by atoms with Crippen LogP contribution >= 0.6 is 0 Å². The number of hydrogen-bond acceptors (Lipinski definition) is 2. The van der Waals surface area contributed by atoms with Crippen molar-refractivity contribution >= 4 is 5.57 Å². The molecule has 1 aliphatic heterocycles. The number of benzene rings is 1. The number of hydrogen-bond donors (Lipinski definition) is 0. The first-order valence-electron chi connectivity index (χ1n) is 8.87. The standard InChI is InChI=1S/C22H28O2/c1-15(2)8-7-13-22(4)19-10-6-9-16(3)21(19)18-14-17(23-5)11-12-20(18)24-22/h8,11-12,14H,3,6-7,9-10,13H2,1-2,4-5H3/t22-/m0/s1. The van der Waals surface area contributed by atoms with E-state index in [4.69, 9.17) is 9.47 Å². The van der Waals surface area contributed by atoms with Gasteiger partial charge in [-0.1, -0.05) is 18.2 Å². The third-order valence-electron chi connectivity index (χ3n) is 5.16. The molecule has 2 aliphatic rings. The van der Waals surface area contributed by atoms with Crippen molar-refractivity contribution in [2.24, 2.45) is 0 Å². The van der Waals surface area contributed by atoms with Gasteiger partial charge in [0.05, 0.1) is 7.11 Å². The molecule has 0 unspecified atom stereocenters. The van der Waals surface area contributed by atoms with Crippen LogP contribution in [0.1, 0.15) is 58.4 Å². The number of methoxy groups -OCH3 is 1. The summed E-state index contributed by atoms with van der Waals surface area (Å²) in [5, 5.41) is 0. The van der Waals surface area contributed by atoms with Crippen molar-refractivity contribution < 1.29 is 9.47 Å². The molecule has 0 N–H and O–H groups in total. The lowest BCUT2D eigenvalue weighted by Gasteiger charge is -2.42. The van der Waals surface area contributed by atoms with E-state index in [2.05, 4.69) is 39.5 Å². The molecular weight excluding hydrogens is 296 g/mol. The highest BCUT2D eigenvalue weighted by Gasteiger charge is 2.40. The van der Waals surface area contributed by atoms with Crippen LogP contribution in [0.2, 0.25) is 0 Å². The van der Waals surface area contributed by atoms with Gasteiger partial charge in [-0.3, -0.25) is 0 Å². The van der Waals surface area contributed by atoms with E-state index in [1.807, 2.05) is 12.1 Å². The first-order valence-corrected chi connectivity index (χ1v) is 8.87. The van der Waals surface area contributed by atoms with Crippen molar-refractivity contribution in [3.05, 3.63) is 53.1 Å². The summed E-state index contributed by atoms with van der Waals surface area (Å²) < 4.78 is 12.0. The van der Waals surface area contributed by atoms with E-state index in [9.17, 15) is 0 Å². The van der Waals surface area contributed by atoms with E-state index in [-0.39, 0.29) is 5.60 Å². The SMILES string of the molecule is C=C1CCCC2=C1c1cc(OC)ccc1O[C@@]2(C)CCC=C(C)C. The van der Waals surface area contributed by atoms with Gasteiger partial charge in [0, 0.05) is 5.56 Å². The topological polar surface area (TPSA) is 18.5 Å². The summed E-state index contributed by atoms with van der Waals surface area (Å²) in [5.74, 6) is 1.83. The second-order valence-corrected chi connectivity index (χ2v) is 7.33. The van der Waals surface area contributed by atoms with Crippen LogP contribution in [-0.2, 0) is 0 Å². The maximum Gasteiger partial charge on any atom is 0.128 e. The maximum absolute atomic E-state index is 6.53. The second kappa shape index (κ2) is 6.51. The van der Waals surface area contributed by atoms with Crippen LogP contribution in [0.3, 0.4) is 0 Å². The van der Waals surface area contributed by atoms with E-state index in [1.54, 1.807) is 7.11 Å². The third-order valence-corrected chi connectivity index (χ3v) is 5.16. The zero-order valence-electron chi connectivity index (χ0n) is 15.4. The van der Waals surface area contributed by atoms with E-state index >= 15 is 0 Å². The first kappa shape index (κ1) is 16.9. The fourth-order valence-electron chi connectivity index (χ4n) is 3.89. The van der Waals surface area contributed by atoms with E-state index < -0.39 is 0 Å². The van der Waals surface area contributed by atoms with Crippen LogP contribution in [0.15, 0.2) is 47.6 Å². The van der Waals surface area contributed by atoms with Gasteiger partial charge in [0.15, 0.2) is 0 Å². The normalized spacial score (nSPS) is 22.4. The summed E-state index contributed by atoms with van der Waals surface area (Å²) in [5.41, 5.74) is 6.24. The Bertz CT molecular complexity index is 719. The Morgan fingerprint density at radius 3 is 2.83 bits per heavy atom. The number of allylic oxidation sites excluding steroid dienone is 4. The van der Waals surface area contributed by atoms with Crippen LogP contribution in [0, 0.1) is 0 Å². The zero-order valence-corrected chi connectivity index (χ0v) is 15.4.